The predicted molar refractivity (Wildman–Crippen MR) is 57.1 cm³/mol. The van der Waals surface area contributed by atoms with E-state index < -0.39 is 0 Å². The molecule has 0 aliphatic heterocycles. The molecule has 76 valence electrons. The number of hydrogen-bond acceptors (Lipinski definition) is 2. The summed E-state index contributed by atoms with van der Waals surface area (Å²) in [6.45, 7) is 2.91. The van der Waals surface area contributed by atoms with Crippen molar-refractivity contribution < 1.29 is 5.11 Å². The maximum absolute atomic E-state index is 9.30. The molecule has 0 radical (unpaired) electrons. The fraction of sp³-hybridized carbons (Fsp3) is 0.500. The first-order valence-corrected chi connectivity index (χ1v) is 5.10. The Kier molecular flexibility index (Phi) is 2.33. The first kappa shape index (κ1) is 9.69. The highest BCUT2D eigenvalue weighted by Crippen LogP contribution is 2.58. The number of aliphatic hydroxyl groups is 1. The normalized spacial score (nSPS) is 30.4. The van der Waals surface area contributed by atoms with E-state index in [0.29, 0.717) is 12.5 Å². The second-order valence-corrected chi connectivity index (χ2v) is 4.34. The molecule has 1 aliphatic rings. The van der Waals surface area contributed by atoms with E-state index in [1.807, 2.05) is 6.07 Å². The second kappa shape index (κ2) is 3.37. The molecule has 1 aromatic carbocycles. The first-order chi connectivity index (χ1) is 6.73. The van der Waals surface area contributed by atoms with E-state index in [-0.39, 0.29) is 12.0 Å². The maximum Gasteiger partial charge on any atom is 0.0505 e. The summed E-state index contributed by atoms with van der Waals surface area (Å²) in [4.78, 5) is 0. The molecule has 3 N–H and O–H groups in total. The van der Waals surface area contributed by atoms with Crippen LogP contribution in [0, 0.1) is 12.3 Å². The molecule has 2 nitrogen and oxygen atoms in total. The molecule has 0 aromatic heterocycles. The number of rotatable bonds is 3. The minimum Gasteiger partial charge on any atom is -0.396 e. The third-order valence-electron chi connectivity index (χ3n) is 3.48. The SMILES string of the molecule is Cc1ccccc1C1CC1(CN)CO. The van der Waals surface area contributed by atoms with Crippen molar-refractivity contribution >= 4 is 0 Å². The molecule has 1 fully saturated rings. The number of nitrogens with two attached hydrogens (primary N) is 1. The molecule has 1 aliphatic carbocycles. The lowest BCUT2D eigenvalue weighted by Crippen LogP contribution is -2.21. The minimum atomic E-state index is -0.0217. The molecule has 0 amide bonds. The summed E-state index contributed by atoms with van der Waals surface area (Å²) in [5.74, 6) is 0.471. The van der Waals surface area contributed by atoms with Crippen LogP contribution in [0.1, 0.15) is 23.5 Å². The van der Waals surface area contributed by atoms with Gasteiger partial charge in [0.25, 0.3) is 0 Å². The Morgan fingerprint density at radius 2 is 2.21 bits per heavy atom. The van der Waals surface area contributed by atoms with Crippen LogP contribution in [0.2, 0.25) is 0 Å². The Bertz CT molecular complexity index is 331. The molecule has 0 heterocycles. The zero-order valence-corrected chi connectivity index (χ0v) is 8.53. The number of aliphatic hydroxyl groups excluding tert-OH is 1. The first-order valence-electron chi connectivity index (χ1n) is 5.10. The number of aryl methyl sites for hydroxylation is 1. The maximum atomic E-state index is 9.30. The van der Waals surface area contributed by atoms with Gasteiger partial charge in [-0.1, -0.05) is 24.3 Å². The average molecular weight is 191 g/mol. The number of benzene rings is 1. The van der Waals surface area contributed by atoms with Crippen LogP contribution in [0.25, 0.3) is 0 Å². The van der Waals surface area contributed by atoms with E-state index in [1.165, 1.54) is 11.1 Å². The van der Waals surface area contributed by atoms with Gasteiger partial charge in [0.2, 0.25) is 0 Å². The van der Waals surface area contributed by atoms with Crippen molar-refractivity contribution in [3.8, 4) is 0 Å². The smallest absolute Gasteiger partial charge is 0.0505 e. The van der Waals surface area contributed by atoms with Gasteiger partial charge < -0.3 is 10.8 Å². The van der Waals surface area contributed by atoms with Crippen LogP contribution in [0.5, 0.6) is 0 Å². The minimum absolute atomic E-state index is 0.0217. The van der Waals surface area contributed by atoms with E-state index >= 15 is 0 Å². The van der Waals surface area contributed by atoms with E-state index in [1.54, 1.807) is 0 Å². The van der Waals surface area contributed by atoms with Crippen molar-refractivity contribution in [1.29, 1.82) is 0 Å². The molecular formula is C12H17NO. The summed E-state index contributed by atoms with van der Waals surface area (Å²) < 4.78 is 0. The van der Waals surface area contributed by atoms with Crippen LogP contribution in [-0.2, 0) is 0 Å². The van der Waals surface area contributed by atoms with Crippen molar-refractivity contribution in [3.05, 3.63) is 35.4 Å². The summed E-state index contributed by atoms with van der Waals surface area (Å²) >= 11 is 0. The Morgan fingerprint density at radius 1 is 1.50 bits per heavy atom. The van der Waals surface area contributed by atoms with Crippen LogP contribution in [-0.4, -0.2) is 18.3 Å². The van der Waals surface area contributed by atoms with Gasteiger partial charge in [0.15, 0.2) is 0 Å². The fourth-order valence-corrected chi connectivity index (χ4v) is 2.23. The van der Waals surface area contributed by atoms with Gasteiger partial charge in [-0.05, 0) is 30.4 Å². The fourth-order valence-electron chi connectivity index (χ4n) is 2.23. The lowest BCUT2D eigenvalue weighted by Gasteiger charge is -2.12. The molecule has 2 atom stereocenters. The summed E-state index contributed by atoms with van der Waals surface area (Å²) in [7, 11) is 0. The van der Waals surface area contributed by atoms with Crippen molar-refractivity contribution in [2.24, 2.45) is 11.1 Å². The lowest BCUT2D eigenvalue weighted by molar-refractivity contribution is 0.211. The zero-order valence-electron chi connectivity index (χ0n) is 8.53. The van der Waals surface area contributed by atoms with Crippen molar-refractivity contribution in [3.63, 3.8) is 0 Å². The third kappa shape index (κ3) is 1.35. The molecule has 2 rings (SSSR count). The largest absolute Gasteiger partial charge is 0.396 e. The van der Waals surface area contributed by atoms with Crippen molar-refractivity contribution in [1.82, 2.24) is 0 Å². The Morgan fingerprint density at radius 3 is 2.71 bits per heavy atom. The van der Waals surface area contributed by atoms with Gasteiger partial charge >= 0.3 is 0 Å². The summed E-state index contributed by atoms with van der Waals surface area (Å²) in [6, 6.07) is 8.36. The Hall–Kier alpha value is -0.860. The Labute approximate surface area is 84.7 Å². The van der Waals surface area contributed by atoms with Gasteiger partial charge in [-0.25, -0.2) is 0 Å². The molecule has 0 saturated heterocycles. The van der Waals surface area contributed by atoms with Gasteiger partial charge in [0.05, 0.1) is 6.61 Å². The highest BCUT2D eigenvalue weighted by Gasteiger charge is 2.53. The molecule has 14 heavy (non-hydrogen) atoms. The Balaban J connectivity index is 2.24. The van der Waals surface area contributed by atoms with Crippen molar-refractivity contribution in [2.75, 3.05) is 13.2 Å². The monoisotopic (exact) mass is 191 g/mol. The third-order valence-corrected chi connectivity index (χ3v) is 3.48. The molecular weight excluding hydrogens is 174 g/mol. The van der Waals surface area contributed by atoms with Gasteiger partial charge in [-0.2, -0.15) is 0 Å². The highest BCUT2D eigenvalue weighted by molar-refractivity contribution is 5.36. The van der Waals surface area contributed by atoms with Crippen LogP contribution in [0.3, 0.4) is 0 Å². The molecule has 0 bridgehead atoms. The topological polar surface area (TPSA) is 46.2 Å². The van der Waals surface area contributed by atoms with E-state index in [4.69, 9.17) is 5.73 Å². The average Bonchev–Trinajstić information content (AvgIpc) is 2.94. The standard InChI is InChI=1S/C12H17NO/c1-9-4-2-3-5-10(9)11-6-12(11,7-13)8-14/h2-5,11,14H,6-8,13H2,1H3. The lowest BCUT2D eigenvalue weighted by atomic mass is 9.97. The van der Waals surface area contributed by atoms with Gasteiger partial charge in [0, 0.05) is 12.0 Å². The van der Waals surface area contributed by atoms with Crippen LogP contribution in [0.4, 0.5) is 0 Å². The van der Waals surface area contributed by atoms with Gasteiger partial charge in [-0.15, -0.1) is 0 Å². The molecule has 0 spiro atoms. The summed E-state index contributed by atoms with van der Waals surface area (Å²) in [6.07, 6.45) is 1.03. The summed E-state index contributed by atoms with van der Waals surface area (Å²) in [5, 5.41) is 9.30. The second-order valence-electron chi connectivity index (χ2n) is 4.34. The van der Waals surface area contributed by atoms with Crippen LogP contribution >= 0.6 is 0 Å². The zero-order chi connectivity index (χ0) is 10.2. The predicted octanol–water partition coefficient (Wildman–Crippen LogP) is 1.42. The molecule has 1 saturated carbocycles. The molecule has 2 unspecified atom stereocenters. The van der Waals surface area contributed by atoms with Crippen LogP contribution < -0.4 is 5.73 Å². The van der Waals surface area contributed by atoms with E-state index in [2.05, 4.69) is 25.1 Å². The van der Waals surface area contributed by atoms with Gasteiger partial charge in [0.1, 0.15) is 0 Å². The van der Waals surface area contributed by atoms with E-state index in [9.17, 15) is 5.11 Å². The number of hydrogen-bond donors (Lipinski definition) is 2. The highest BCUT2D eigenvalue weighted by atomic mass is 16.3. The quantitative estimate of drug-likeness (QED) is 0.759. The molecule has 1 aromatic rings. The van der Waals surface area contributed by atoms with Crippen molar-refractivity contribution in [2.45, 2.75) is 19.3 Å². The van der Waals surface area contributed by atoms with E-state index in [0.717, 1.165) is 6.42 Å². The van der Waals surface area contributed by atoms with Gasteiger partial charge in [-0.3, -0.25) is 0 Å². The van der Waals surface area contributed by atoms with Crippen LogP contribution in [0.15, 0.2) is 24.3 Å². The summed E-state index contributed by atoms with van der Waals surface area (Å²) in [5.41, 5.74) is 8.34. The molecule has 2 heteroatoms.